The van der Waals surface area contributed by atoms with Crippen LogP contribution in [0.25, 0.3) is 0 Å². The Morgan fingerprint density at radius 2 is 2.05 bits per heavy atom. The van der Waals surface area contributed by atoms with Crippen molar-refractivity contribution in [3.8, 4) is 5.75 Å². The zero-order valence-electron chi connectivity index (χ0n) is 10.7. The number of nitrogens with one attached hydrogen (secondary N) is 1. The number of benzene rings is 1. The lowest BCUT2D eigenvalue weighted by atomic mass is 10.2. The van der Waals surface area contributed by atoms with Crippen LogP contribution in [0.4, 0.5) is 11.5 Å². The number of carboxylic acid groups (broad SMARTS) is 1. The molecule has 0 fully saturated rings. The van der Waals surface area contributed by atoms with E-state index in [1.807, 2.05) is 30.3 Å². The number of rotatable bonds is 6. The van der Waals surface area contributed by atoms with E-state index in [1.165, 1.54) is 12.3 Å². The lowest BCUT2D eigenvalue weighted by molar-refractivity contribution is 0.0698. The van der Waals surface area contributed by atoms with Gasteiger partial charge in [-0.1, -0.05) is 18.2 Å². The first-order valence-electron chi connectivity index (χ1n) is 6.08. The summed E-state index contributed by atoms with van der Waals surface area (Å²) in [4.78, 5) is 14.9. The molecule has 0 spiro atoms. The highest BCUT2D eigenvalue weighted by Gasteiger charge is 2.11. The van der Waals surface area contributed by atoms with Gasteiger partial charge in [0.25, 0.3) is 0 Å². The van der Waals surface area contributed by atoms with Gasteiger partial charge in [0.05, 0.1) is 17.8 Å². The molecule has 0 aliphatic carbocycles. The Morgan fingerprint density at radius 3 is 2.75 bits per heavy atom. The maximum absolute atomic E-state index is 10.9. The van der Waals surface area contributed by atoms with E-state index >= 15 is 0 Å². The second-order valence-electron chi connectivity index (χ2n) is 4.01. The van der Waals surface area contributed by atoms with E-state index in [-0.39, 0.29) is 11.3 Å². The Bertz CT molecular complexity index is 587. The Labute approximate surface area is 116 Å². The van der Waals surface area contributed by atoms with Gasteiger partial charge < -0.3 is 20.9 Å². The second kappa shape index (κ2) is 6.42. The van der Waals surface area contributed by atoms with Crippen molar-refractivity contribution in [3.05, 3.63) is 48.2 Å². The summed E-state index contributed by atoms with van der Waals surface area (Å²) in [5.41, 5.74) is 5.89. The minimum Gasteiger partial charge on any atom is -0.492 e. The quantitative estimate of drug-likeness (QED) is 0.695. The van der Waals surface area contributed by atoms with Gasteiger partial charge in [0.2, 0.25) is 0 Å². The first-order valence-corrected chi connectivity index (χ1v) is 6.08. The average Bonchev–Trinajstić information content (AvgIpc) is 2.46. The molecule has 0 bridgehead atoms. The van der Waals surface area contributed by atoms with Gasteiger partial charge in [0.1, 0.15) is 18.2 Å². The van der Waals surface area contributed by atoms with Crippen LogP contribution in [0.5, 0.6) is 5.75 Å². The molecule has 0 atom stereocenters. The van der Waals surface area contributed by atoms with Gasteiger partial charge in [-0.15, -0.1) is 0 Å². The molecule has 104 valence electrons. The van der Waals surface area contributed by atoms with Gasteiger partial charge in [-0.2, -0.15) is 0 Å². The highest BCUT2D eigenvalue weighted by Crippen LogP contribution is 2.19. The Balaban J connectivity index is 1.88. The monoisotopic (exact) mass is 273 g/mol. The number of carboxylic acids is 1. The molecule has 0 saturated heterocycles. The van der Waals surface area contributed by atoms with Crippen molar-refractivity contribution in [2.24, 2.45) is 0 Å². The lowest BCUT2D eigenvalue weighted by Gasteiger charge is -2.10. The summed E-state index contributed by atoms with van der Waals surface area (Å²) in [6.07, 6.45) is 1.40. The molecule has 0 radical (unpaired) electrons. The molecule has 1 heterocycles. The summed E-state index contributed by atoms with van der Waals surface area (Å²) >= 11 is 0. The summed E-state index contributed by atoms with van der Waals surface area (Å²) in [6, 6.07) is 10.8. The Morgan fingerprint density at radius 1 is 1.30 bits per heavy atom. The number of nitrogen functional groups attached to an aromatic ring is 1. The summed E-state index contributed by atoms with van der Waals surface area (Å²) in [6.45, 7) is 0.887. The first-order chi connectivity index (χ1) is 9.68. The molecule has 6 heteroatoms. The number of hydrogen-bond donors (Lipinski definition) is 3. The third kappa shape index (κ3) is 3.38. The second-order valence-corrected chi connectivity index (χ2v) is 4.01. The van der Waals surface area contributed by atoms with Crippen LogP contribution in [0.3, 0.4) is 0 Å². The van der Waals surface area contributed by atoms with Gasteiger partial charge in [-0.05, 0) is 18.2 Å². The number of para-hydroxylation sites is 1. The predicted molar refractivity (Wildman–Crippen MR) is 76.0 cm³/mol. The molecule has 0 aliphatic rings. The van der Waals surface area contributed by atoms with Crippen LogP contribution in [0.15, 0.2) is 42.6 Å². The maximum atomic E-state index is 10.9. The summed E-state index contributed by atoms with van der Waals surface area (Å²) in [5, 5.41) is 11.9. The molecular weight excluding hydrogens is 258 g/mol. The molecule has 2 rings (SSSR count). The smallest absolute Gasteiger partial charge is 0.337 e. The number of aromatic carboxylic acids is 1. The molecule has 0 saturated carbocycles. The molecular formula is C14H15N3O3. The van der Waals surface area contributed by atoms with Crippen molar-refractivity contribution in [2.45, 2.75) is 0 Å². The minimum atomic E-state index is -1.08. The molecule has 2 aromatic rings. The molecule has 4 N–H and O–H groups in total. The number of ether oxygens (including phenoxy) is 1. The number of pyridine rings is 1. The van der Waals surface area contributed by atoms with E-state index in [2.05, 4.69) is 10.3 Å². The molecule has 0 amide bonds. The highest BCUT2D eigenvalue weighted by atomic mass is 16.5. The van der Waals surface area contributed by atoms with Crippen molar-refractivity contribution in [2.75, 3.05) is 24.2 Å². The average molecular weight is 273 g/mol. The lowest BCUT2D eigenvalue weighted by Crippen LogP contribution is -2.15. The van der Waals surface area contributed by atoms with Crippen LogP contribution in [-0.2, 0) is 0 Å². The van der Waals surface area contributed by atoms with E-state index in [0.29, 0.717) is 19.0 Å². The molecule has 0 unspecified atom stereocenters. The highest BCUT2D eigenvalue weighted by molar-refractivity contribution is 5.96. The largest absolute Gasteiger partial charge is 0.492 e. The van der Waals surface area contributed by atoms with Gasteiger partial charge in [-0.3, -0.25) is 0 Å². The summed E-state index contributed by atoms with van der Waals surface area (Å²) in [5.74, 6) is 0.0459. The topological polar surface area (TPSA) is 97.5 Å². The SMILES string of the molecule is Nc1c(C(=O)O)ccnc1NCCOc1ccccc1. The van der Waals surface area contributed by atoms with E-state index < -0.39 is 5.97 Å². The van der Waals surface area contributed by atoms with E-state index in [1.54, 1.807) is 0 Å². The third-order valence-corrected chi connectivity index (χ3v) is 2.63. The zero-order valence-corrected chi connectivity index (χ0v) is 10.7. The van der Waals surface area contributed by atoms with Crippen molar-refractivity contribution in [1.29, 1.82) is 0 Å². The molecule has 0 aliphatic heterocycles. The molecule has 1 aromatic carbocycles. The Kier molecular flexibility index (Phi) is 4.39. The van der Waals surface area contributed by atoms with Crippen molar-refractivity contribution in [1.82, 2.24) is 4.98 Å². The maximum Gasteiger partial charge on any atom is 0.337 e. The van der Waals surface area contributed by atoms with Crippen molar-refractivity contribution >= 4 is 17.5 Å². The van der Waals surface area contributed by atoms with Gasteiger partial charge in [0, 0.05) is 6.20 Å². The molecule has 1 aromatic heterocycles. The van der Waals surface area contributed by atoms with Crippen LogP contribution in [0.1, 0.15) is 10.4 Å². The van der Waals surface area contributed by atoms with Gasteiger partial charge >= 0.3 is 5.97 Å². The van der Waals surface area contributed by atoms with Crippen molar-refractivity contribution in [3.63, 3.8) is 0 Å². The molecule has 20 heavy (non-hydrogen) atoms. The molecule has 6 nitrogen and oxygen atoms in total. The third-order valence-electron chi connectivity index (χ3n) is 2.63. The van der Waals surface area contributed by atoms with E-state index in [4.69, 9.17) is 15.6 Å². The van der Waals surface area contributed by atoms with E-state index in [0.717, 1.165) is 5.75 Å². The standard InChI is InChI=1S/C14H15N3O3/c15-12-11(14(18)19)6-7-16-13(12)17-8-9-20-10-4-2-1-3-5-10/h1-7H,8-9,15H2,(H,16,17)(H,18,19). The number of anilines is 2. The first kappa shape index (κ1) is 13.7. The fraction of sp³-hybridized carbons (Fsp3) is 0.143. The normalized spacial score (nSPS) is 10.0. The van der Waals surface area contributed by atoms with E-state index in [9.17, 15) is 4.79 Å². The van der Waals surface area contributed by atoms with Crippen LogP contribution >= 0.6 is 0 Å². The fourth-order valence-electron chi connectivity index (χ4n) is 1.66. The summed E-state index contributed by atoms with van der Waals surface area (Å²) < 4.78 is 5.50. The number of aromatic nitrogens is 1. The van der Waals surface area contributed by atoms with Crippen LogP contribution < -0.4 is 15.8 Å². The number of carbonyl (C=O) groups is 1. The number of nitrogens with zero attached hydrogens (tertiary/aromatic N) is 1. The Hall–Kier alpha value is -2.76. The zero-order chi connectivity index (χ0) is 14.4. The summed E-state index contributed by atoms with van der Waals surface area (Å²) in [7, 11) is 0. The van der Waals surface area contributed by atoms with Crippen LogP contribution in [0, 0.1) is 0 Å². The van der Waals surface area contributed by atoms with Crippen LogP contribution in [0.2, 0.25) is 0 Å². The van der Waals surface area contributed by atoms with Gasteiger partial charge in [-0.25, -0.2) is 9.78 Å². The fourth-order valence-corrected chi connectivity index (χ4v) is 1.66. The number of hydrogen-bond acceptors (Lipinski definition) is 5. The minimum absolute atomic E-state index is 0.0338. The van der Waals surface area contributed by atoms with Gasteiger partial charge in [0.15, 0.2) is 0 Å². The predicted octanol–water partition coefficient (Wildman–Crippen LogP) is 1.85. The number of nitrogens with two attached hydrogens (primary N) is 1. The van der Waals surface area contributed by atoms with Crippen LogP contribution in [-0.4, -0.2) is 29.2 Å². The van der Waals surface area contributed by atoms with Crippen molar-refractivity contribution < 1.29 is 14.6 Å².